The van der Waals surface area contributed by atoms with E-state index in [9.17, 15) is 9.18 Å². The topological polar surface area (TPSA) is 45.7 Å². The zero-order valence-corrected chi connectivity index (χ0v) is 13.3. The molecular weight excluding hydrogens is 303 g/mol. The van der Waals surface area contributed by atoms with Crippen LogP contribution in [0.3, 0.4) is 0 Å². The standard InChI is InChI=1S/C17H18ClFN2O/c1-11-7-8-16(15(19)9-11)21-17(22)10-20-12(2)13-5-3-4-6-14(13)18/h3-9,12,20H,10H2,1-2H3,(H,21,22)/p+1/t12-/m0/s1. The molecule has 0 saturated carbocycles. The first-order valence-electron chi connectivity index (χ1n) is 7.11. The number of quaternary nitrogens is 1. The van der Waals surface area contributed by atoms with Gasteiger partial charge < -0.3 is 10.6 Å². The molecule has 5 heteroatoms. The second-order valence-corrected chi connectivity index (χ2v) is 5.69. The van der Waals surface area contributed by atoms with E-state index in [0.29, 0.717) is 5.02 Å². The first kappa shape index (κ1) is 16.5. The van der Waals surface area contributed by atoms with Gasteiger partial charge in [0.15, 0.2) is 6.54 Å². The molecule has 1 amide bonds. The number of hydrogen-bond acceptors (Lipinski definition) is 1. The van der Waals surface area contributed by atoms with Crippen molar-refractivity contribution in [1.82, 2.24) is 0 Å². The second kappa shape index (κ2) is 7.38. The molecular formula is C17H19ClFN2O+. The molecule has 0 aliphatic rings. The fraction of sp³-hybridized carbons (Fsp3) is 0.235. The third-order valence-corrected chi connectivity index (χ3v) is 3.80. The molecule has 0 aliphatic heterocycles. The van der Waals surface area contributed by atoms with Gasteiger partial charge >= 0.3 is 0 Å². The van der Waals surface area contributed by atoms with Gasteiger partial charge in [-0.1, -0.05) is 35.9 Å². The summed E-state index contributed by atoms with van der Waals surface area (Å²) >= 11 is 6.13. The maximum atomic E-state index is 13.7. The minimum atomic E-state index is -0.424. The van der Waals surface area contributed by atoms with E-state index in [1.54, 1.807) is 19.1 Å². The highest BCUT2D eigenvalue weighted by atomic mass is 35.5. The van der Waals surface area contributed by atoms with Crippen LogP contribution in [0, 0.1) is 12.7 Å². The van der Waals surface area contributed by atoms with Gasteiger partial charge in [0.2, 0.25) is 0 Å². The number of hydrogen-bond donors (Lipinski definition) is 2. The highest BCUT2D eigenvalue weighted by Crippen LogP contribution is 2.19. The van der Waals surface area contributed by atoms with E-state index in [1.165, 1.54) is 6.07 Å². The van der Waals surface area contributed by atoms with E-state index in [4.69, 9.17) is 11.6 Å². The third-order valence-electron chi connectivity index (χ3n) is 3.45. The number of carbonyl (C=O) groups excluding carboxylic acids is 1. The number of amides is 1. The Kier molecular flexibility index (Phi) is 5.52. The molecule has 0 fully saturated rings. The number of carbonyl (C=O) groups is 1. The summed E-state index contributed by atoms with van der Waals surface area (Å²) in [4.78, 5) is 11.9. The zero-order chi connectivity index (χ0) is 16.1. The average molecular weight is 322 g/mol. The number of aryl methyl sites for hydroxylation is 1. The third kappa shape index (κ3) is 4.29. The summed E-state index contributed by atoms with van der Waals surface area (Å²) in [6.45, 7) is 3.97. The zero-order valence-electron chi connectivity index (χ0n) is 12.6. The molecule has 2 rings (SSSR count). The Morgan fingerprint density at radius 2 is 2.05 bits per heavy atom. The molecule has 2 aromatic carbocycles. The van der Waals surface area contributed by atoms with Gasteiger partial charge in [-0.25, -0.2) is 4.39 Å². The van der Waals surface area contributed by atoms with Crippen LogP contribution in [0.4, 0.5) is 10.1 Å². The summed E-state index contributed by atoms with van der Waals surface area (Å²) in [6, 6.07) is 12.3. The van der Waals surface area contributed by atoms with Gasteiger partial charge in [-0.2, -0.15) is 0 Å². The highest BCUT2D eigenvalue weighted by Gasteiger charge is 2.15. The van der Waals surface area contributed by atoms with Gasteiger partial charge in [0.05, 0.1) is 5.69 Å². The number of nitrogens with one attached hydrogen (secondary N) is 1. The normalized spacial score (nSPS) is 12.0. The molecule has 0 radical (unpaired) electrons. The fourth-order valence-corrected chi connectivity index (χ4v) is 2.49. The number of benzene rings is 2. The molecule has 3 nitrogen and oxygen atoms in total. The SMILES string of the molecule is Cc1ccc(NC(=O)C[NH2+][C@@H](C)c2ccccc2Cl)c(F)c1. The van der Waals surface area contributed by atoms with E-state index >= 15 is 0 Å². The van der Waals surface area contributed by atoms with Gasteiger partial charge in [0.1, 0.15) is 11.9 Å². The Bertz CT molecular complexity index is 675. The highest BCUT2D eigenvalue weighted by molar-refractivity contribution is 6.31. The van der Waals surface area contributed by atoms with Crippen molar-refractivity contribution in [2.45, 2.75) is 19.9 Å². The van der Waals surface area contributed by atoms with Crippen molar-refractivity contribution in [1.29, 1.82) is 0 Å². The van der Waals surface area contributed by atoms with Crippen LogP contribution < -0.4 is 10.6 Å². The Morgan fingerprint density at radius 1 is 1.32 bits per heavy atom. The van der Waals surface area contributed by atoms with Gasteiger partial charge in [0, 0.05) is 10.6 Å². The van der Waals surface area contributed by atoms with Crippen LogP contribution >= 0.6 is 11.6 Å². The molecule has 0 spiro atoms. The second-order valence-electron chi connectivity index (χ2n) is 5.28. The monoisotopic (exact) mass is 321 g/mol. The van der Waals surface area contributed by atoms with Gasteiger partial charge in [-0.15, -0.1) is 0 Å². The predicted octanol–water partition coefficient (Wildman–Crippen LogP) is 3.05. The van der Waals surface area contributed by atoms with Crippen LogP contribution in [0.15, 0.2) is 42.5 Å². The molecule has 22 heavy (non-hydrogen) atoms. The van der Waals surface area contributed by atoms with Gasteiger partial charge in [-0.05, 0) is 37.6 Å². The molecule has 2 aromatic rings. The largest absolute Gasteiger partial charge is 0.332 e. The lowest BCUT2D eigenvalue weighted by Crippen LogP contribution is -2.86. The van der Waals surface area contributed by atoms with Crippen molar-refractivity contribution in [2.75, 3.05) is 11.9 Å². The lowest BCUT2D eigenvalue weighted by atomic mass is 10.1. The van der Waals surface area contributed by atoms with Crippen LogP contribution in [0.25, 0.3) is 0 Å². The quantitative estimate of drug-likeness (QED) is 0.873. The van der Waals surface area contributed by atoms with E-state index in [-0.39, 0.29) is 24.2 Å². The number of rotatable bonds is 5. The van der Waals surface area contributed by atoms with Crippen molar-refractivity contribution in [3.63, 3.8) is 0 Å². The molecule has 0 bridgehead atoms. The van der Waals surface area contributed by atoms with Crippen molar-refractivity contribution >= 4 is 23.2 Å². The Labute approximate surface area is 134 Å². The number of nitrogens with two attached hydrogens (primary N) is 1. The maximum Gasteiger partial charge on any atom is 0.279 e. The summed E-state index contributed by atoms with van der Waals surface area (Å²) in [6.07, 6.45) is 0. The summed E-state index contributed by atoms with van der Waals surface area (Å²) in [5, 5.41) is 5.12. The molecule has 0 unspecified atom stereocenters. The fourth-order valence-electron chi connectivity index (χ4n) is 2.18. The van der Waals surface area contributed by atoms with Crippen molar-refractivity contribution < 1.29 is 14.5 Å². The Hall–Kier alpha value is -1.91. The van der Waals surface area contributed by atoms with Gasteiger partial charge in [-0.3, -0.25) is 4.79 Å². The molecule has 116 valence electrons. The van der Waals surface area contributed by atoms with Crippen molar-refractivity contribution in [3.05, 3.63) is 64.4 Å². The summed E-state index contributed by atoms with van der Waals surface area (Å²) in [5.74, 6) is -0.672. The Balaban J connectivity index is 1.91. The van der Waals surface area contributed by atoms with Gasteiger partial charge in [0.25, 0.3) is 5.91 Å². The van der Waals surface area contributed by atoms with Crippen LogP contribution in [0.2, 0.25) is 5.02 Å². The van der Waals surface area contributed by atoms with E-state index in [0.717, 1.165) is 11.1 Å². The van der Waals surface area contributed by atoms with E-state index in [1.807, 2.05) is 36.5 Å². The predicted molar refractivity (Wildman–Crippen MR) is 86.4 cm³/mol. The summed E-state index contributed by atoms with van der Waals surface area (Å²) in [7, 11) is 0. The van der Waals surface area contributed by atoms with E-state index in [2.05, 4.69) is 5.32 Å². The maximum absolute atomic E-state index is 13.7. The molecule has 1 atom stereocenters. The van der Waals surface area contributed by atoms with E-state index < -0.39 is 5.82 Å². The van der Waals surface area contributed by atoms with Crippen molar-refractivity contribution in [3.8, 4) is 0 Å². The van der Waals surface area contributed by atoms with Crippen LogP contribution in [-0.2, 0) is 4.79 Å². The number of halogens is 2. The van der Waals surface area contributed by atoms with Crippen molar-refractivity contribution in [2.24, 2.45) is 0 Å². The summed E-state index contributed by atoms with van der Waals surface area (Å²) in [5.41, 5.74) is 1.99. The first-order chi connectivity index (χ1) is 10.5. The number of anilines is 1. The molecule has 0 saturated heterocycles. The minimum Gasteiger partial charge on any atom is -0.332 e. The first-order valence-corrected chi connectivity index (χ1v) is 7.49. The lowest BCUT2D eigenvalue weighted by molar-refractivity contribution is -0.682. The molecule has 0 heterocycles. The van der Waals surface area contributed by atoms with Crippen LogP contribution in [0.5, 0.6) is 0 Å². The molecule has 0 aliphatic carbocycles. The molecule has 0 aromatic heterocycles. The average Bonchev–Trinajstić information content (AvgIpc) is 2.48. The van der Waals surface area contributed by atoms with Crippen LogP contribution in [0.1, 0.15) is 24.1 Å². The minimum absolute atomic E-state index is 0.0438. The summed E-state index contributed by atoms with van der Waals surface area (Å²) < 4.78 is 13.7. The smallest absolute Gasteiger partial charge is 0.279 e. The van der Waals surface area contributed by atoms with Crippen LogP contribution in [-0.4, -0.2) is 12.5 Å². The lowest BCUT2D eigenvalue weighted by Gasteiger charge is -2.12. The Morgan fingerprint density at radius 3 is 2.73 bits per heavy atom. The molecule has 3 N–H and O–H groups in total.